The van der Waals surface area contributed by atoms with Crippen molar-refractivity contribution in [3.63, 3.8) is 0 Å². The van der Waals surface area contributed by atoms with Crippen LogP contribution in [-0.2, 0) is 4.79 Å². The van der Waals surface area contributed by atoms with Gasteiger partial charge in [-0.05, 0) is 49.4 Å². The second-order valence-corrected chi connectivity index (χ2v) is 8.31. The molecule has 0 unspecified atom stereocenters. The maximum absolute atomic E-state index is 12.5. The molecular weight excluding hydrogens is 338 g/mol. The van der Waals surface area contributed by atoms with Crippen LogP contribution in [0, 0.1) is 11.8 Å². The summed E-state index contributed by atoms with van der Waals surface area (Å²) in [5, 5.41) is 3.28. The highest BCUT2D eigenvalue weighted by molar-refractivity contribution is 5.94. The van der Waals surface area contributed by atoms with Crippen molar-refractivity contribution >= 4 is 17.4 Å². The van der Waals surface area contributed by atoms with Gasteiger partial charge in [0.1, 0.15) is 0 Å². The lowest BCUT2D eigenvalue weighted by atomic mass is 9.78. The molecule has 1 aromatic carbocycles. The summed E-state index contributed by atoms with van der Waals surface area (Å²) in [5.41, 5.74) is 1.90. The first-order valence-electron chi connectivity index (χ1n) is 10.3. The number of hydrogen-bond donors (Lipinski definition) is 1. The smallest absolute Gasteiger partial charge is 0.234 e. The van der Waals surface area contributed by atoms with E-state index in [4.69, 9.17) is 0 Å². The molecule has 1 aromatic rings. The van der Waals surface area contributed by atoms with Crippen molar-refractivity contribution in [2.75, 3.05) is 37.6 Å². The zero-order valence-corrected chi connectivity index (χ0v) is 16.9. The molecule has 27 heavy (non-hydrogen) atoms. The third kappa shape index (κ3) is 5.10. The van der Waals surface area contributed by atoms with E-state index in [-0.39, 0.29) is 11.7 Å². The molecule has 1 saturated heterocycles. The zero-order valence-electron chi connectivity index (χ0n) is 16.9. The monoisotopic (exact) mass is 371 g/mol. The van der Waals surface area contributed by atoms with Crippen LogP contribution in [0.25, 0.3) is 0 Å². The SMILES string of the molecule is CC(=O)c1ccc(N2CCN(CC(=O)N[C@@H]3CCC[C@H](C)[C@H]3C)CC2)cc1. The molecule has 1 saturated carbocycles. The third-order valence-electron chi connectivity index (χ3n) is 6.43. The van der Waals surface area contributed by atoms with Crippen LogP contribution in [0.1, 0.15) is 50.4 Å². The summed E-state index contributed by atoms with van der Waals surface area (Å²) in [6.07, 6.45) is 3.61. The van der Waals surface area contributed by atoms with Crippen LogP contribution >= 0.6 is 0 Å². The van der Waals surface area contributed by atoms with E-state index in [1.807, 2.05) is 24.3 Å². The van der Waals surface area contributed by atoms with Gasteiger partial charge in [-0.2, -0.15) is 0 Å². The van der Waals surface area contributed by atoms with Gasteiger partial charge in [0.25, 0.3) is 0 Å². The summed E-state index contributed by atoms with van der Waals surface area (Å²) in [7, 11) is 0. The Morgan fingerprint density at radius 3 is 2.33 bits per heavy atom. The largest absolute Gasteiger partial charge is 0.369 e. The molecule has 148 valence electrons. The fraction of sp³-hybridized carbons (Fsp3) is 0.636. The van der Waals surface area contributed by atoms with E-state index < -0.39 is 0 Å². The second kappa shape index (κ2) is 8.87. The number of benzene rings is 1. The van der Waals surface area contributed by atoms with Gasteiger partial charge >= 0.3 is 0 Å². The van der Waals surface area contributed by atoms with Crippen LogP contribution in [0.15, 0.2) is 24.3 Å². The highest BCUT2D eigenvalue weighted by Gasteiger charge is 2.28. The van der Waals surface area contributed by atoms with Gasteiger partial charge in [0.15, 0.2) is 5.78 Å². The lowest BCUT2D eigenvalue weighted by Gasteiger charge is -2.37. The Morgan fingerprint density at radius 1 is 1.04 bits per heavy atom. The number of Topliss-reactive ketones (excluding diaryl/α,β-unsaturated/α-hetero) is 1. The van der Waals surface area contributed by atoms with Crippen molar-refractivity contribution in [1.29, 1.82) is 0 Å². The van der Waals surface area contributed by atoms with Crippen LogP contribution in [0.3, 0.4) is 0 Å². The topological polar surface area (TPSA) is 52.7 Å². The summed E-state index contributed by atoms with van der Waals surface area (Å²) < 4.78 is 0. The standard InChI is InChI=1S/C22H33N3O2/c1-16-5-4-6-21(17(16)2)23-22(27)15-24-11-13-25(14-12-24)20-9-7-19(8-10-20)18(3)26/h7-10,16-17,21H,4-6,11-15H2,1-3H3,(H,23,27)/t16-,17+,21+/m0/s1. The first kappa shape index (κ1) is 19.9. The van der Waals surface area contributed by atoms with Gasteiger partial charge in [-0.25, -0.2) is 0 Å². The number of piperazine rings is 1. The average Bonchev–Trinajstić information content (AvgIpc) is 2.66. The molecular formula is C22H33N3O2. The quantitative estimate of drug-likeness (QED) is 0.809. The molecule has 3 rings (SSSR count). The van der Waals surface area contributed by atoms with Crippen LogP contribution in [0.4, 0.5) is 5.69 Å². The minimum Gasteiger partial charge on any atom is -0.369 e. The van der Waals surface area contributed by atoms with Gasteiger partial charge in [0.05, 0.1) is 6.54 Å². The predicted octanol–water partition coefficient (Wildman–Crippen LogP) is 2.95. The Balaban J connectivity index is 1.45. The van der Waals surface area contributed by atoms with Gasteiger partial charge in [0.2, 0.25) is 5.91 Å². The van der Waals surface area contributed by atoms with Gasteiger partial charge < -0.3 is 10.2 Å². The first-order chi connectivity index (χ1) is 12.9. The number of carbonyl (C=O) groups is 2. The fourth-order valence-electron chi connectivity index (χ4n) is 4.31. The minimum absolute atomic E-state index is 0.0964. The van der Waals surface area contributed by atoms with Crippen molar-refractivity contribution in [2.24, 2.45) is 11.8 Å². The normalized spacial score (nSPS) is 26.6. The number of nitrogens with zero attached hydrogens (tertiary/aromatic N) is 2. The molecule has 0 bridgehead atoms. The van der Waals surface area contributed by atoms with Crippen molar-refractivity contribution in [2.45, 2.75) is 46.1 Å². The van der Waals surface area contributed by atoms with Crippen molar-refractivity contribution < 1.29 is 9.59 Å². The number of ketones is 1. The number of amides is 1. The second-order valence-electron chi connectivity index (χ2n) is 8.31. The fourth-order valence-corrected chi connectivity index (χ4v) is 4.31. The number of carbonyl (C=O) groups excluding carboxylic acids is 2. The number of anilines is 1. The molecule has 2 aliphatic rings. The zero-order chi connectivity index (χ0) is 19.4. The van der Waals surface area contributed by atoms with E-state index in [0.717, 1.165) is 43.9 Å². The van der Waals surface area contributed by atoms with Gasteiger partial charge in [-0.15, -0.1) is 0 Å². The van der Waals surface area contributed by atoms with Crippen molar-refractivity contribution in [3.05, 3.63) is 29.8 Å². The Hall–Kier alpha value is -1.88. The van der Waals surface area contributed by atoms with Gasteiger partial charge in [0, 0.05) is 43.5 Å². The lowest BCUT2D eigenvalue weighted by molar-refractivity contribution is -0.123. The molecule has 1 heterocycles. The van der Waals surface area contributed by atoms with E-state index in [2.05, 4.69) is 29.0 Å². The highest BCUT2D eigenvalue weighted by Crippen LogP contribution is 2.29. The van der Waals surface area contributed by atoms with Crippen LogP contribution < -0.4 is 10.2 Å². The number of rotatable bonds is 5. The maximum atomic E-state index is 12.5. The molecule has 2 fully saturated rings. The Kier molecular flexibility index (Phi) is 6.53. The van der Waals surface area contributed by atoms with E-state index >= 15 is 0 Å². The predicted molar refractivity (Wildman–Crippen MR) is 109 cm³/mol. The van der Waals surface area contributed by atoms with Crippen LogP contribution in [0.5, 0.6) is 0 Å². The third-order valence-corrected chi connectivity index (χ3v) is 6.43. The van der Waals surface area contributed by atoms with Crippen molar-refractivity contribution in [3.8, 4) is 0 Å². The maximum Gasteiger partial charge on any atom is 0.234 e. The first-order valence-corrected chi connectivity index (χ1v) is 10.3. The van der Waals surface area contributed by atoms with Gasteiger partial charge in [-0.1, -0.05) is 26.7 Å². The van der Waals surface area contributed by atoms with Gasteiger partial charge in [-0.3, -0.25) is 14.5 Å². The molecule has 0 radical (unpaired) electrons. The highest BCUT2D eigenvalue weighted by atomic mass is 16.2. The summed E-state index contributed by atoms with van der Waals surface area (Å²) in [6.45, 7) is 10.2. The summed E-state index contributed by atoms with van der Waals surface area (Å²) in [6, 6.07) is 8.16. The van der Waals surface area contributed by atoms with Crippen molar-refractivity contribution in [1.82, 2.24) is 10.2 Å². The van der Waals surface area contributed by atoms with Crippen LogP contribution in [-0.4, -0.2) is 55.4 Å². The molecule has 1 aliphatic heterocycles. The Labute approximate surface area is 163 Å². The molecule has 3 atom stereocenters. The molecule has 1 amide bonds. The lowest BCUT2D eigenvalue weighted by Crippen LogP contribution is -2.52. The molecule has 1 N–H and O–H groups in total. The molecule has 5 heteroatoms. The van der Waals surface area contributed by atoms with E-state index in [1.54, 1.807) is 6.92 Å². The summed E-state index contributed by atoms with van der Waals surface area (Å²) in [5.74, 6) is 1.53. The number of hydrogen-bond acceptors (Lipinski definition) is 4. The molecule has 1 aliphatic carbocycles. The van der Waals surface area contributed by atoms with E-state index in [0.29, 0.717) is 24.4 Å². The average molecular weight is 372 g/mol. The summed E-state index contributed by atoms with van der Waals surface area (Å²) >= 11 is 0. The molecule has 0 aromatic heterocycles. The number of nitrogens with one attached hydrogen (secondary N) is 1. The Bertz CT molecular complexity index is 650. The Morgan fingerprint density at radius 2 is 1.70 bits per heavy atom. The molecule has 5 nitrogen and oxygen atoms in total. The minimum atomic E-state index is 0.0964. The van der Waals surface area contributed by atoms with E-state index in [1.165, 1.54) is 12.8 Å². The summed E-state index contributed by atoms with van der Waals surface area (Å²) in [4.78, 5) is 28.5. The molecule has 0 spiro atoms. The van der Waals surface area contributed by atoms with E-state index in [9.17, 15) is 9.59 Å². The van der Waals surface area contributed by atoms with Crippen LogP contribution in [0.2, 0.25) is 0 Å².